The number of nitrogens with two attached hydrogens (primary N) is 1. The topological polar surface area (TPSA) is 88.2 Å². The molecule has 2 rings (SSSR count). The van der Waals surface area contributed by atoms with Crippen LogP contribution in [0.2, 0.25) is 0 Å². The van der Waals surface area contributed by atoms with Gasteiger partial charge in [-0.05, 0) is 43.2 Å². The Morgan fingerprint density at radius 3 is 2.63 bits per heavy atom. The Morgan fingerprint density at radius 1 is 1.26 bits per heavy atom. The Morgan fingerprint density at radius 2 is 2.00 bits per heavy atom. The highest BCUT2D eigenvalue weighted by molar-refractivity contribution is 5.96. The molecule has 19 heavy (non-hydrogen) atoms. The van der Waals surface area contributed by atoms with Crippen molar-refractivity contribution in [2.75, 3.05) is 11.1 Å². The minimum Gasteiger partial charge on any atom is -0.478 e. The fourth-order valence-corrected chi connectivity index (χ4v) is 1.72. The summed E-state index contributed by atoms with van der Waals surface area (Å²) in [6.07, 6.45) is 1.42. The molecule has 0 unspecified atom stereocenters. The zero-order valence-corrected chi connectivity index (χ0v) is 10.8. The largest absolute Gasteiger partial charge is 0.478 e. The van der Waals surface area contributed by atoms with Crippen molar-refractivity contribution in [2.45, 2.75) is 13.8 Å². The van der Waals surface area contributed by atoms with E-state index in [-0.39, 0.29) is 11.3 Å². The second-order valence-electron chi connectivity index (χ2n) is 4.35. The van der Waals surface area contributed by atoms with Crippen LogP contribution >= 0.6 is 0 Å². The standard InChI is InChI=1S/C14H15N3O2/c1-8-3-4-10(7-9(8)2)17-13-12(15)11(14(18)19)5-6-16-13/h3-7H,15H2,1-2H3,(H,16,17)(H,18,19). The van der Waals surface area contributed by atoms with Crippen LogP contribution in [0.5, 0.6) is 0 Å². The molecule has 0 atom stereocenters. The van der Waals surface area contributed by atoms with Crippen molar-refractivity contribution in [1.82, 2.24) is 4.98 Å². The summed E-state index contributed by atoms with van der Waals surface area (Å²) >= 11 is 0. The lowest BCUT2D eigenvalue weighted by Crippen LogP contribution is -2.07. The first-order valence-corrected chi connectivity index (χ1v) is 5.81. The summed E-state index contributed by atoms with van der Waals surface area (Å²) in [5.41, 5.74) is 9.12. The molecule has 98 valence electrons. The van der Waals surface area contributed by atoms with E-state index in [1.165, 1.54) is 17.8 Å². The first-order chi connectivity index (χ1) is 8.99. The number of nitrogens with zero attached hydrogens (tertiary/aromatic N) is 1. The molecular formula is C14H15N3O2. The van der Waals surface area contributed by atoms with E-state index in [1.54, 1.807) is 0 Å². The number of aryl methyl sites for hydroxylation is 2. The van der Waals surface area contributed by atoms with Crippen LogP contribution in [0.15, 0.2) is 30.5 Å². The molecular weight excluding hydrogens is 242 g/mol. The van der Waals surface area contributed by atoms with Crippen molar-refractivity contribution in [3.05, 3.63) is 47.2 Å². The van der Waals surface area contributed by atoms with Crippen molar-refractivity contribution < 1.29 is 9.90 Å². The van der Waals surface area contributed by atoms with Gasteiger partial charge in [0.1, 0.15) is 0 Å². The number of benzene rings is 1. The van der Waals surface area contributed by atoms with Gasteiger partial charge in [-0.3, -0.25) is 0 Å². The SMILES string of the molecule is Cc1ccc(Nc2nccc(C(=O)O)c2N)cc1C. The fraction of sp³-hybridized carbons (Fsp3) is 0.143. The van der Waals surface area contributed by atoms with Gasteiger partial charge in [0.25, 0.3) is 0 Å². The lowest BCUT2D eigenvalue weighted by Gasteiger charge is -2.11. The smallest absolute Gasteiger partial charge is 0.337 e. The molecule has 0 radical (unpaired) electrons. The van der Waals surface area contributed by atoms with E-state index in [0.29, 0.717) is 5.82 Å². The fourth-order valence-electron chi connectivity index (χ4n) is 1.72. The van der Waals surface area contributed by atoms with Crippen LogP contribution in [0.3, 0.4) is 0 Å². The van der Waals surface area contributed by atoms with Gasteiger partial charge in [-0.15, -0.1) is 0 Å². The van der Waals surface area contributed by atoms with Gasteiger partial charge in [0.15, 0.2) is 5.82 Å². The molecule has 1 aromatic heterocycles. The number of rotatable bonds is 3. The maximum Gasteiger partial charge on any atom is 0.337 e. The molecule has 4 N–H and O–H groups in total. The molecule has 1 aromatic carbocycles. The molecule has 0 saturated carbocycles. The monoisotopic (exact) mass is 257 g/mol. The molecule has 0 aliphatic rings. The second kappa shape index (κ2) is 4.97. The van der Waals surface area contributed by atoms with Gasteiger partial charge in [-0.2, -0.15) is 0 Å². The predicted octanol–water partition coefficient (Wildman–Crippen LogP) is 2.72. The highest BCUT2D eigenvalue weighted by Crippen LogP contribution is 2.24. The number of pyridine rings is 1. The Kier molecular flexibility index (Phi) is 3.37. The molecule has 0 amide bonds. The van der Waals surface area contributed by atoms with Crippen LogP contribution in [0.1, 0.15) is 21.5 Å². The number of hydrogen-bond donors (Lipinski definition) is 3. The summed E-state index contributed by atoms with van der Waals surface area (Å²) in [4.78, 5) is 15.1. The number of carboxylic acids is 1. The molecule has 0 aliphatic carbocycles. The van der Waals surface area contributed by atoms with Crippen LogP contribution in [0, 0.1) is 13.8 Å². The summed E-state index contributed by atoms with van der Waals surface area (Å²) in [5, 5.41) is 12.0. The first kappa shape index (κ1) is 12.9. The summed E-state index contributed by atoms with van der Waals surface area (Å²) in [5.74, 6) is -0.716. The number of aromatic carboxylic acids is 1. The zero-order chi connectivity index (χ0) is 14.0. The molecule has 1 heterocycles. The summed E-state index contributed by atoms with van der Waals surface area (Å²) in [6, 6.07) is 7.22. The molecule has 0 fully saturated rings. The van der Waals surface area contributed by atoms with Crippen LogP contribution in [0.4, 0.5) is 17.2 Å². The van der Waals surface area contributed by atoms with Crippen LogP contribution < -0.4 is 11.1 Å². The summed E-state index contributed by atoms with van der Waals surface area (Å²) < 4.78 is 0. The van der Waals surface area contributed by atoms with Crippen LogP contribution in [-0.2, 0) is 0 Å². The molecule has 0 saturated heterocycles. The van der Waals surface area contributed by atoms with E-state index in [9.17, 15) is 4.79 Å². The lowest BCUT2D eigenvalue weighted by molar-refractivity contribution is 0.0698. The van der Waals surface area contributed by atoms with Gasteiger partial charge >= 0.3 is 5.97 Å². The predicted molar refractivity (Wildman–Crippen MR) is 74.8 cm³/mol. The number of nitrogens with one attached hydrogen (secondary N) is 1. The lowest BCUT2D eigenvalue weighted by atomic mass is 10.1. The quantitative estimate of drug-likeness (QED) is 0.786. The highest BCUT2D eigenvalue weighted by atomic mass is 16.4. The third kappa shape index (κ3) is 2.65. The van der Waals surface area contributed by atoms with Crippen molar-refractivity contribution in [3.8, 4) is 0 Å². The Balaban J connectivity index is 2.35. The van der Waals surface area contributed by atoms with Crippen LogP contribution in [0.25, 0.3) is 0 Å². The van der Waals surface area contributed by atoms with Crippen molar-refractivity contribution in [3.63, 3.8) is 0 Å². The molecule has 0 spiro atoms. The van der Waals surface area contributed by atoms with E-state index in [2.05, 4.69) is 10.3 Å². The number of carbonyl (C=O) groups is 1. The Hall–Kier alpha value is -2.56. The van der Waals surface area contributed by atoms with Gasteiger partial charge in [0.05, 0.1) is 11.3 Å². The van der Waals surface area contributed by atoms with E-state index < -0.39 is 5.97 Å². The maximum atomic E-state index is 11.0. The molecule has 5 nitrogen and oxygen atoms in total. The third-order valence-corrected chi connectivity index (χ3v) is 2.99. The molecule has 2 aromatic rings. The van der Waals surface area contributed by atoms with Gasteiger partial charge < -0.3 is 16.2 Å². The number of anilines is 3. The Bertz CT molecular complexity index is 639. The molecule has 0 bridgehead atoms. The van der Waals surface area contributed by atoms with Gasteiger partial charge in [-0.25, -0.2) is 9.78 Å². The van der Waals surface area contributed by atoms with Gasteiger partial charge in [0.2, 0.25) is 0 Å². The zero-order valence-electron chi connectivity index (χ0n) is 10.8. The average Bonchev–Trinajstić information content (AvgIpc) is 2.36. The molecule has 5 heteroatoms. The summed E-state index contributed by atoms with van der Waals surface area (Å²) in [7, 11) is 0. The van der Waals surface area contributed by atoms with Gasteiger partial charge in [-0.1, -0.05) is 6.07 Å². The second-order valence-corrected chi connectivity index (χ2v) is 4.35. The van der Waals surface area contributed by atoms with E-state index in [4.69, 9.17) is 10.8 Å². The number of carboxylic acid groups (broad SMARTS) is 1. The van der Waals surface area contributed by atoms with E-state index in [1.807, 2.05) is 32.0 Å². The number of aromatic nitrogens is 1. The molecule has 0 aliphatic heterocycles. The van der Waals surface area contributed by atoms with E-state index in [0.717, 1.165) is 11.3 Å². The van der Waals surface area contributed by atoms with Crippen molar-refractivity contribution in [2.24, 2.45) is 0 Å². The van der Waals surface area contributed by atoms with Gasteiger partial charge in [0, 0.05) is 11.9 Å². The minimum atomic E-state index is -1.07. The van der Waals surface area contributed by atoms with Crippen LogP contribution in [-0.4, -0.2) is 16.1 Å². The van der Waals surface area contributed by atoms with E-state index >= 15 is 0 Å². The summed E-state index contributed by atoms with van der Waals surface area (Å²) in [6.45, 7) is 4.03. The first-order valence-electron chi connectivity index (χ1n) is 5.81. The van der Waals surface area contributed by atoms with Crippen molar-refractivity contribution in [1.29, 1.82) is 0 Å². The number of hydrogen-bond acceptors (Lipinski definition) is 4. The Labute approximate surface area is 111 Å². The minimum absolute atomic E-state index is 0.0429. The maximum absolute atomic E-state index is 11.0. The highest BCUT2D eigenvalue weighted by Gasteiger charge is 2.12. The van der Waals surface area contributed by atoms with Crippen molar-refractivity contribution >= 4 is 23.2 Å². The third-order valence-electron chi connectivity index (χ3n) is 2.99. The average molecular weight is 257 g/mol. The number of nitrogen functional groups attached to an aromatic ring is 1. The normalized spacial score (nSPS) is 10.2.